The predicted octanol–water partition coefficient (Wildman–Crippen LogP) is -0.672. The molecule has 1 rings (SSSR count). The van der Waals surface area contributed by atoms with Crippen LogP contribution in [0.15, 0.2) is 30.3 Å². The number of hydrogen-bond acceptors (Lipinski definition) is 0. The third-order valence-corrected chi connectivity index (χ3v) is 2.99. The van der Waals surface area contributed by atoms with Crippen LogP contribution in [0.2, 0.25) is 0 Å². The Morgan fingerprint density at radius 3 is 2.06 bits per heavy atom. The Labute approximate surface area is 124 Å². The smallest absolute Gasteiger partial charge is 0.0766 e. The summed E-state index contributed by atoms with van der Waals surface area (Å²) in [6.07, 6.45) is 8.17. The van der Waals surface area contributed by atoms with E-state index in [0.717, 1.165) is 0 Å². The first-order chi connectivity index (χ1) is 7.79. The molecule has 0 radical (unpaired) electrons. The Bertz CT molecular complexity index is 259. The Kier molecular flexibility index (Phi) is 11.0. The molecule has 0 heterocycles. The molecule has 0 saturated carbocycles. The van der Waals surface area contributed by atoms with Crippen molar-refractivity contribution in [2.75, 3.05) is 20.6 Å². The minimum absolute atomic E-state index is 0. The topological polar surface area (TPSA) is 4.44 Å². The second-order valence-electron chi connectivity index (χ2n) is 4.96. The van der Waals surface area contributed by atoms with E-state index in [1.807, 2.05) is 0 Å². The van der Waals surface area contributed by atoms with Gasteiger partial charge in [0, 0.05) is 0 Å². The lowest BCUT2D eigenvalue weighted by molar-refractivity contribution is -0.858. The molecule has 1 nitrogen and oxygen atoms in total. The van der Waals surface area contributed by atoms with Crippen molar-refractivity contribution in [3.63, 3.8) is 0 Å². The molecule has 0 unspecified atom stereocenters. The third-order valence-electron chi connectivity index (χ3n) is 2.99. The summed E-state index contributed by atoms with van der Waals surface area (Å²) in [6, 6.07) is 10.8. The van der Waals surface area contributed by atoms with Gasteiger partial charge in [0.2, 0.25) is 0 Å². The van der Waals surface area contributed by atoms with Crippen molar-refractivity contribution in [2.24, 2.45) is 0 Å². The molecular weight excluding hydrogens is 321 g/mol. The van der Waals surface area contributed by atoms with Crippen molar-refractivity contribution in [2.45, 2.75) is 38.5 Å². The van der Waals surface area contributed by atoms with Gasteiger partial charge in [0.25, 0.3) is 0 Å². The summed E-state index contributed by atoms with van der Waals surface area (Å²) in [7, 11) is 4.46. The number of benzene rings is 1. The number of rotatable bonds is 8. The van der Waals surface area contributed by atoms with E-state index in [2.05, 4.69) is 44.4 Å². The van der Waals surface area contributed by atoms with E-state index in [9.17, 15) is 0 Å². The van der Waals surface area contributed by atoms with Crippen LogP contribution < -0.4 is 28.9 Å². The van der Waals surface area contributed by atoms with Crippen LogP contribution in [0.3, 0.4) is 0 Å². The second-order valence-corrected chi connectivity index (χ2v) is 4.96. The lowest BCUT2D eigenvalue weighted by Gasteiger charge is -2.06. The summed E-state index contributed by atoms with van der Waals surface area (Å²) in [5.74, 6) is 0. The monoisotopic (exact) mass is 347 g/mol. The highest BCUT2D eigenvalue weighted by Gasteiger charge is 1.95. The molecule has 2 heteroatoms. The van der Waals surface area contributed by atoms with Crippen molar-refractivity contribution in [3.8, 4) is 0 Å². The average Bonchev–Trinajstić information content (AvgIpc) is 2.29. The number of unbranched alkanes of at least 4 members (excludes halogenated alkanes) is 4. The van der Waals surface area contributed by atoms with Gasteiger partial charge in [-0.05, 0) is 31.2 Å². The maximum Gasteiger partial charge on any atom is 0.0766 e. The fourth-order valence-corrected chi connectivity index (χ4v) is 1.98. The fourth-order valence-electron chi connectivity index (χ4n) is 1.98. The van der Waals surface area contributed by atoms with Gasteiger partial charge in [0.15, 0.2) is 0 Å². The second kappa shape index (κ2) is 11.0. The summed E-state index contributed by atoms with van der Waals surface area (Å²) < 4.78 is 0. The molecule has 0 aromatic heterocycles. The van der Waals surface area contributed by atoms with E-state index in [1.165, 1.54) is 50.6 Å². The van der Waals surface area contributed by atoms with Gasteiger partial charge in [-0.1, -0.05) is 43.2 Å². The lowest BCUT2D eigenvalue weighted by Crippen LogP contribution is -3.05. The minimum atomic E-state index is 0. The molecule has 0 aliphatic carbocycles. The largest absolute Gasteiger partial charge is 1.00 e. The lowest BCUT2D eigenvalue weighted by atomic mass is 10.1. The van der Waals surface area contributed by atoms with E-state index in [4.69, 9.17) is 0 Å². The fraction of sp³-hybridized carbons (Fsp3) is 0.600. The molecule has 98 valence electrons. The van der Waals surface area contributed by atoms with Crippen molar-refractivity contribution in [3.05, 3.63) is 35.9 Å². The van der Waals surface area contributed by atoms with Crippen LogP contribution in [0.1, 0.15) is 37.7 Å². The summed E-state index contributed by atoms with van der Waals surface area (Å²) in [6.45, 7) is 1.32. The van der Waals surface area contributed by atoms with E-state index < -0.39 is 0 Å². The highest BCUT2D eigenvalue weighted by atomic mass is 127. The van der Waals surface area contributed by atoms with Crippen LogP contribution in [0.4, 0.5) is 0 Å². The first-order valence-electron chi connectivity index (χ1n) is 6.62. The molecule has 0 spiro atoms. The standard InChI is InChI=1S/C15H25N.HI/c1-16(2)14-10-5-3-4-7-11-15-12-8-6-9-13-15;/h6,8-9,12-13H,3-5,7,10-11,14H2,1-2H3;1H. The molecule has 0 aliphatic heterocycles. The number of halogens is 1. The van der Waals surface area contributed by atoms with E-state index in [0.29, 0.717) is 0 Å². The van der Waals surface area contributed by atoms with Crippen molar-refractivity contribution in [1.29, 1.82) is 0 Å². The number of nitrogens with one attached hydrogen (secondary N) is 1. The van der Waals surface area contributed by atoms with Crippen LogP contribution >= 0.6 is 0 Å². The van der Waals surface area contributed by atoms with E-state index >= 15 is 0 Å². The van der Waals surface area contributed by atoms with Gasteiger partial charge in [0.1, 0.15) is 0 Å². The van der Waals surface area contributed by atoms with Crippen molar-refractivity contribution in [1.82, 2.24) is 0 Å². The van der Waals surface area contributed by atoms with Crippen LogP contribution in [0.5, 0.6) is 0 Å². The third kappa shape index (κ3) is 9.60. The molecule has 1 N–H and O–H groups in total. The molecule has 0 aliphatic rings. The van der Waals surface area contributed by atoms with Crippen molar-refractivity contribution >= 4 is 0 Å². The quantitative estimate of drug-likeness (QED) is 0.470. The molecule has 0 saturated heterocycles. The van der Waals surface area contributed by atoms with Gasteiger partial charge in [-0.15, -0.1) is 0 Å². The zero-order valence-corrected chi connectivity index (χ0v) is 13.4. The minimum Gasteiger partial charge on any atom is -1.00 e. The first-order valence-corrected chi connectivity index (χ1v) is 6.62. The summed E-state index contributed by atoms with van der Waals surface area (Å²) in [5.41, 5.74) is 1.49. The van der Waals surface area contributed by atoms with Gasteiger partial charge in [0.05, 0.1) is 20.6 Å². The maximum atomic E-state index is 2.23. The number of hydrogen-bond donors (Lipinski definition) is 1. The molecule has 0 amide bonds. The van der Waals surface area contributed by atoms with Crippen LogP contribution in [0, 0.1) is 0 Å². The van der Waals surface area contributed by atoms with Gasteiger partial charge in [-0.25, -0.2) is 0 Å². The Morgan fingerprint density at radius 1 is 0.824 bits per heavy atom. The van der Waals surface area contributed by atoms with E-state index in [1.54, 1.807) is 4.90 Å². The Morgan fingerprint density at radius 2 is 1.41 bits per heavy atom. The molecule has 0 bridgehead atoms. The molecule has 0 atom stereocenters. The van der Waals surface area contributed by atoms with Crippen LogP contribution in [-0.4, -0.2) is 20.6 Å². The molecule has 17 heavy (non-hydrogen) atoms. The van der Waals surface area contributed by atoms with Gasteiger partial charge in [-0.3, -0.25) is 0 Å². The average molecular weight is 347 g/mol. The Hall–Kier alpha value is -0.0900. The predicted molar refractivity (Wildman–Crippen MR) is 70.9 cm³/mol. The summed E-state index contributed by atoms with van der Waals surface area (Å²) in [4.78, 5) is 1.57. The SMILES string of the molecule is C[NH+](C)CCCCCCCc1ccccc1.[I-]. The molecule has 0 fully saturated rings. The highest BCUT2D eigenvalue weighted by molar-refractivity contribution is 5.14. The number of quaternary nitrogens is 1. The normalized spacial score (nSPS) is 10.3. The van der Waals surface area contributed by atoms with Crippen molar-refractivity contribution < 1.29 is 28.9 Å². The zero-order chi connectivity index (χ0) is 11.6. The van der Waals surface area contributed by atoms with Crippen LogP contribution in [0.25, 0.3) is 0 Å². The van der Waals surface area contributed by atoms with Gasteiger partial charge < -0.3 is 28.9 Å². The molecule has 1 aromatic carbocycles. The number of aryl methyl sites for hydroxylation is 1. The van der Waals surface area contributed by atoms with Gasteiger partial charge in [-0.2, -0.15) is 0 Å². The maximum absolute atomic E-state index is 2.23. The Balaban J connectivity index is 0.00000256. The molecular formula is C15H26IN. The highest BCUT2D eigenvalue weighted by Crippen LogP contribution is 2.08. The summed E-state index contributed by atoms with van der Waals surface area (Å²) >= 11 is 0. The van der Waals surface area contributed by atoms with Crippen LogP contribution in [-0.2, 0) is 6.42 Å². The van der Waals surface area contributed by atoms with E-state index in [-0.39, 0.29) is 24.0 Å². The molecule has 1 aromatic rings. The zero-order valence-electron chi connectivity index (χ0n) is 11.2. The van der Waals surface area contributed by atoms with Gasteiger partial charge >= 0.3 is 0 Å². The summed E-state index contributed by atoms with van der Waals surface area (Å²) in [5, 5.41) is 0. The first kappa shape index (κ1) is 16.9.